The Bertz CT molecular complexity index is 1610. The Balaban J connectivity index is 2.00. The van der Waals surface area contributed by atoms with Crippen LogP contribution < -0.4 is 5.32 Å². The van der Waals surface area contributed by atoms with Crippen molar-refractivity contribution in [3.63, 3.8) is 0 Å². The van der Waals surface area contributed by atoms with Crippen LogP contribution in [-0.4, -0.2) is 100 Å². The van der Waals surface area contributed by atoms with Crippen LogP contribution in [-0.2, 0) is 23.8 Å². The molecule has 1 aliphatic heterocycles. The monoisotopic (exact) mass is 1210 g/mol. The van der Waals surface area contributed by atoms with Crippen molar-refractivity contribution in [3.8, 4) is 0 Å². The number of rotatable bonds is 64. The Morgan fingerprint density at radius 3 is 1.24 bits per heavy atom. The van der Waals surface area contributed by atoms with Crippen molar-refractivity contribution < 1.29 is 49.3 Å². The Labute approximate surface area is 528 Å². The number of carbonyl (C=O) groups is 2. The summed E-state index contributed by atoms with van der Waals surface area (Å²) in [7, 11) is 0. The lowest BCUT2D eigenvalue weighted by Gasteiger charge is -2.40. The zero-order valence-electron chi connectivity index (χ0n) is 55.8. The van der Waals surface area contributed by atoms with E-state index in [0.717, 1.165) is 64.2 Å². The fraction of sp³-hybridized carbons (Fsp3) is 0.840. The first kappa shape index (κ1) is 81.4. The molecule has 1 aliphatic rings. The van der Waals surface area contributed by atoms with Crippen molar-refractivity contribution in [2.24, 2.45) is 0 Å². The number of amides is 1. The summed E-state index contributed by atoms with van der Waals surface area (Å²) in [5.74, 6) is -0.195. The number of aliphatic hydroxyl groups excluding tert-OH is 5. The molecule has 7 atom stereocenters. The number of carbonyl (C=O) groups excluding carboxylic acids is 2. The Hall–Kier alpha value is -2.64. The quantitative estimate of drug-likeness (QED) is 0.0195. The lowest BCUT2D eigenvalue weighted by atomic mass is 9.99. The fourth-order valence-electron chi connectivity index (χ4n) is 11.3. The second kappa shape index (κ2) is 63.9. The molecule has 0 aromatic heterocycles. The van der Waals surface area contributed by atoms with Gasteiger partial charge in [-0.25, -0.2) is 0 Å². The van der Waals surface area contributed by atoms with Crippen molar-refractivity contribution in [2.45, 2.75) is 384 Å². The number of hydrogen-bond acceptors (Lipinski definition) is 10. The van der Waals surface area contributed by atoms with Gasteiger partial charge in [0, 0.05) is 12.8 Å². The standard InChI is InChI=1S/C75H137NO10/c1-3-5-7-9-11-13-15-17-35-38-41-45-49-53-57-61-68(78)67(66-85-75-74(83)73(82)72(81)69(65-77)86-75)76-70(79)62-58-54-50-46-42-39-36-33-31-29-27-25-23-21-19-18-20-22-24-26-28-30-32-34-37-40-44-48-52-56-60-64-84-71(80)63-59-55-51-47-43-16-14-12-10-8-6-4-2/h12,14,20,22,26,28,41,45,57,61,67-69,72-75,77-78,81-83H,3-11,13,15-19,21,23-25,27,29-40,42-44,46-56,58-60,62-66H2,1-2H3,(H,76,79)/b14-12-,22-20-,28-26-,45-41+,61-57+. The van der Waals surface area contributed by atoms with Crippen LogP contribution in [0.1, 0.15) is 341 Å². The SMILES string of the molecule is CCCCC/C=C\CCCCCCCC(=O)OCCCCCCCCCCC/C=C\C/C=C\CCCCCCCCCCCCCCCCCC(=O)NC(COC1OC(CO)C(O)C(O)C1O)C(O)/C=C/CC/C=C/CCCCCCCCCCC. The van der Waals surface area contributed by atoms with E-state index >= 15 is 0 Å². The van der Waals surface area contributed by atoms with Gasteiger partial charge in [0.15, 0.2) is 6.29 Å². The summed E-state index contributed by atoms with van der Waals surface area (Å²) in [6.07, 6.45) is 75.0. The summed E-state index contributed by atoms with van der Waals surface area (Å²) in [5.41, 5.74) is 0. The summed E-state index contributed by atoms with van der Waals surface area (Å²) in [5, 5.41) is 54.6. The molecule has 7 unspecified atom stereocenters. The highest BCUT2D eigenvalue weighted by Gasteiger charge is 2.44. The number of hydrogen-bond donors (Lipinski definition) is 6. The molecule has 11 heteroatoms. The van der Waals surface area contributed by atoms with Crippen LogP contribution in [0.5, 0.6) is 0 Å². The van der Waals surface area contributed by atoms with Crippen molar-refractivity contribution >= 4 is 11.9 Å². The van der Waals surface area contributed by atoms with E-state index in [9.17, 15) is 35.1 Å². The zero-order chi connectivity index (χ0) is 62.3. The van der Waals surface area contributed by atoms with Gasteiger partial charge in [-0.05, 0) is 103 Å². The minimum absolute atomic E-state index is 0.00527. The molecule has 1 saturated heterocycles. The maximum absolute atomic E-state index is 13.1. The molecule has 0 aliphatic carbocycles. The van der Waals surface area contributed by atoms with Crippen molar-refractivity contribution in [1.29, 1.82) is 0 Å². The van der Waals surface area contributed by atoms with Crippen LogP contribution in [0.25, 0.3) is 0 Å². The van der Waals surface area contributed by atoms with E-state index in [1.807, 2.05) is 6.08 Å². The van der Waals surface area contributed by atoms with Crippen LogP contribution in [0.3, 0.4) is 0 Å². The van der Waals surface area contributed by atoms with E-state index in [2.05, 4.69) is 67.8 Å². The van der Waals surface area contributed by atoms with E-state index in [0.29, 0.717) is 19.4 Å². The average Bonchev–Trinajstić information content (AvgIpc) is 2.68. The van der Waals surface area contributed by atoms with E-state index in [1.165, 1.54) is 250 Å². The summed E-state index contributed by atoms with van der Waals surface area (Å²) in [6, 6.07) is -0.829. The van der Waals surface area contributed by atoms with Crippen molar-refractivity contribution in [1.82, 2.24) is 5.32 Å². The molecule has 86 heavy (non-hydrogen) atoms. The van der Waals surface area contributed by atoms with Gasteiger partial charge in [0.25, 0.3) is 0 Å². The van der Waals surface area contributed by atoms with Crippen LogP contribution in [0, 0.1) is 0 Å². The van der Waals surface area contributed by atoms with Crippen LogP contribution in [0.4, 0.5) is 0 Å². The molecule has 1 fully saturated rings. The molecule has 0 aromatic carbocycles. The number of unbranched alkanes of at least 4 members (excludes halogenated alkanes) is 42. The number of nitrogens with one attached hydrogen (secondary N) is 1. The predicted octanol–water partition coefficient (Wildman–Crippen LogP) is 18.9. The average molecular weight is 1210 g/mol. The molecule has 0 saturated carbocycles. The first-order valence-electron chi connectivity index (χ1n) is 36.6. The lowest BCUT2D eigenvalue weighted by Crippen LogP contribution is -2.60. The minimum Gasteiger partial charge on any atom is -0.466 e. The van der Waals surface area contributed by atoms with E-state index in [4.69, 9.17) is 14.2 Å². The predicted molar refractivity (Wildman–Crippen MR) is 361 cm³/mol. The first-order chi connectivity index (χ1) is 42.2. The molecule has 11 nitrogen and oxygen atoms in total. The fourth-order valence-corrected chi connectivity index (χ4v) is 11.3. The largest absolute Gasteiger partial charge is 0.466 e. The number of allylic oxidation sites excluding steroid dienone is 9. The molecular weight excluding hydrogens is 1070 g/mol. The molecular formula is C75H137NO10. The highest BCUT2D eigenvalue weighted by molar-refractivity contribution is 5.76. The van der Waals surface area contributed by atoms with Gasteiger partial charge in [-0.3, -0.25) is 9.59 Å². The maximum Gasteiger partial charge on any atom is 0.305 e. The van der Waals surface area contributed by atoms with Crippen molar-refractivity contribution in [2.75, 3.05) is 19.8 Å². The number of aliphatic hydroxyl groups is 5. The van der Waals surface area contributed by atoms with Gasteiger partial charge in [0.1, 0.15) is 24.4 Å². The van der Waals surface area contributed by atoms with Gasteiger partial charge < -0.3 is 45.1 Å². The molecule has 502 valence electrons. The normalized spacial score (nSPS) is 18.2. The third-order valence-electron chi connectivity index (χ3n) is 17.1. The van der Waals surface area contributed by atoms with Crippen LogP contribution >= 0.6 is 0 Å². The molecule has 6 N–H and O–H groups in total. The first-order valence-corrected chi connectivity index (χ1v) is 36.6. The van der Waals surface area contributed by atoms with Crippen LogP contribution in [0.2, 0.25) is 0 Å². The topological polar surface area (TPSA) is 175 Å². The van der Waals surface area contributed by atoms with Crippen LogP contribution in [0.15, 0.2) is 60.8 Å². The van der Waals surface area contributed by atoms with Gasteiger partial charge in [0.2, 0.25) is 5.91 Å². The van der Waals surface area contributed by atoms with E-state index in [1.54, 1.807) is 6.08 Å². The zero-order valence-corrected chi connectivity index (χ0v) is 55.8. The molecule has 0 spiro atoms. The summed E-state index contributed by atoms with van der Waals surface area (Å²) in [4.78, 5) is 25.1. The van der Waals surface area contributed by atoms with Gasteiger partial charge in [0.05, 0.1) is 32.0 Å². The highest BCUT2D eigenvalue weighted by atomic mass is 16.7. The van der Waals surface area contributed by atoms with E-state index in [-0.39, 0.29) is 18.5 Å². The Morgan fingerprint density at radius 2 is 0.791 bits per heavy atom. The molecule has 1 heterocycles. The third-order valence-corrected chi connectivity index (χ3v) is 17.1. The smallest absolute Gasteiger partial charge is 0.305 e. The third kappa shape index (κ3) is 52.2. The molecule has 1 amide bonds. The maximum atomic E-state index is 13.1. The lowest BCUT2D eigenvalue weighted by molar-refractivity contribution is -0.302. The Kier molecular flexibility index (Phi) is 60.5. The molecule has 1 rings (SSSR count). The number of esters is 1. The molecule has 0 aromatic rings. The summed E-state index contributed by atoms with van der Waals surface area (Å²) < 4.78 is 16.7. The van der Waals surface area contributed by atoms with Gasteiger partial charge in [-0.2, -0.15) is 0 Å². The second-order valence-electron chi connectivity index (χ2n) is 25.3. The summed E-state index contributed by atoms with van der Waals surface area (Å²) >= 11 is 0. The van der Waals surface area contributed by atoms with Gasteiger partial charge in [-0.1, -0.05) is 286 Å². The van der Waals surface area contributed by atoms with Gasteiger partial charge in [-0.15, -0.1) is 0 Å². The van der Waals surface area contributed by atoms with Crippen molar-refractivity contribution in [3.05, 3.63) is 60.8 Å². The van der Waals surface area contributed by atoms with E-state index < -0.39 is 49.5 Å². The minimum atomic E-state index is -1.58. The molecule has 0 radical (unpaired) electrons. The van der Waals surface area contributed by atoms with Gasteiger partial charge >= 0.3 is 5.97 Å². The Morgan fingerprint density at radius 1 is 0.430 bits per heavy atom. The molecule has 0 bridgehead atoms. The highest BCUT2D eigenvalue weighted by Crippen LogP contribution is 2.23. The number of ether oxygens (including phenoxy) is 3. The summed E-state index contributed by atoms with van der Waals surface area (Å²) in [6.45, 7) is 4.33. The second-order valence-corrected chi connectivity index (χ2v) is 25.3.